The van der Waals surface area contributed by atoms with E-state index in [0.29, 0.717) is 32.7 Å². The minimum atomic E-state index is -5.06. The maximum Gasteiger partial charge on any atom is 0.422 e. The number of carbonyl (C=O) groups is 2. The van der Waals surface area contributed by atoms with Crippen LogP contribution in [-0.2, 0) is 9.59 Å². The standard InChI is InChI=1S/C12H19F3N2O3/c1-3-11(5-4-6-16-7-11)8(18)17-10(2,9(19)20)12(13,14)15/h16H,3-7H2,1-2H3,(H,17,18)(H,19,20). The van der Waals surface area contributed by atoms with Crippen molar-refractivity contribution in [1.29, 1.82) is 0 Å². The third-order valence-electron chi connectivity index (χ3n) is 3.99. The molecule has 2 unspecified atom stereocenters. The van der Waals surface area contributed by atoms with Crippen LogP contribution in [0.5, 0.6) is 0 Å². The van der Waals surface area contributed by atoms with Gasteiger partial charge >= 0.3 is 12.1 Å². The molecule has 1 fully saturated rings. The van der Waals surface area contributed by atoms with Gasteiger partial charge in [-0.25, -0.2) is 4.79 Å². The summed E-state index contributed by atoms with van der Waals surface area (Å²) in [5.41, 5.74) is -4.26. The fourth-order valence-electron chi connectivity index (χ4n) is 2.23. The molecule has 1 heterocycles. The van der Waals surface area contributed by atoms with Gasteiger partial charge in [0.05, 0.1) is 5.41 Å². The highest BCUT2D eigenvalue weighted by Gasteiger charge is 2.59. The van der Waals surface area contributed by atoms with E-state index in [4.69, 9.17) is 5.11 Å². The lowest BCUT2D eigenvalue weighted by Crippen LogP contribution is -2.65. The van der Waals surface area contributed by atoms with E-state index in [1.165, 1.54) is 0 Å². The van der Waals surface area contributed by atoms with Crippen LogP contribution in [-0.4, -0.2) is 41.8 Å². The van der Waals surface area contributed by atoms with Gasteiger partial charge in [-0.2, -0.15) is 13.2 Å². The molecule has 1 amide bonds. The molecule has 116 valence electrons. The number of rotatable bonds is 4. The molecular weight excluding hydrogens is 277 g/mol. The van der Waals surface area contributed by atoms with Crippen molar-refractivity contribution in [3.8, 4) is 0 Å². The van der Waals surface area contributed by atoms with Crippen molar-refractivity contribution in [2.24, 2.45) is 5.41 Å². The molecule has 0 radical (unpaired) electrons. The Morgan fingerprint density at radius 2 is 2.00 bits per heavy atom. The van der Waals surface area contributed by atoms with Crippen LogP contribution < -0.4 is 10.6 Å². The molecule has 1 aliphatic heterocycles. The van der Waals surface area contributed by atoms with Gasteiger partial charge < -0.3 is 15.7 Å². The molecule has 8 heteroatoms. The van der Waals surface area contributed by atoms with Gasteiger partial charge in [-0.05, 0) is 32.7 Å². The molecule has 1 aliphatic rings. The molecule has 5 nitrogen and oxygen atoms in total. The fourth-order valence-corrected chi connectivity index (χ4v) is 2.23. The van der Waals surface area contributed by atoms with Gasteiger partial charge in [-0.1, -0.05) is 6.92 Å². The second-order valence-corrected chi connectivity index (χ2v) is 5.30. The summed E-state index contributed by atoms with van der Waals surface area (Å²) in [5, 5.41) is 13.5. The minimum absolute atomic E-state index is 0.253. The van der Waals surface area contributed by atoms with Crippen molar-refractivity contribution in [3.05, 3.63) is 0 Å². The Morgan fingerprint density at radius 1 is 1.40 bits per heavy atom. The summed E-state index contributed by atoms with van der Waals surface area (Å²) in [5.74, 6) is -2.98. The fraction of sp³-hybridized carbons (Fsp3) is 0.833. The van der Waals surface area contributed by atoms with Crippen LogP contribution in [0.1, 0.15) is 33.1 Å². The smallest absolute Gasteiger partial charge is 0.422 e. The second-order valence-electron chi connectivity index (χ2n) is 5.30. The van der Waals surface area contributed by atoms with Crippen molar-refractivity contribution in [2.45, 2.75) is 44.8 Å². The number of carbonyl (C=O) groups excluding carboxylic acids is 1. The first-order chi connectivity index (χ1) is 9.09. The summed E-state index contributed by atoms with van der Waals surface area (Å²) >= 11 is 0. The van der Waals surface area contributed by atoms with E-state index in [-0.39, 0.29) is 6.54 Å². The number of carboxylic acid groups (broad SMARTS) is 1. The van der Waals surface area contributed by atoms with Crippen molar-refractivity contribution in [3.63, 3.8) is 0 Å². The number of alkyl halides is 3. The Hall–Kier alpha value is -1.31. The van der Waals surface area contributed by atoms with Crippen LogP contribution in [0.2, 0.25) is 0 Å². The molecule has 0 spiro atoms. The van der Waals surface area contributed by atoms with Crippen molar-refractivity contribution in [2.75, 3.05) is 13.1 Å². The summed E-state index contributed by atoms with van der Waals surface area (Å²) in [7, 11) is 0. The summed E-state index contributed by atoms with van der Waals surface area (Å²) in [6.07, 6.45) is -3.61. The van der Waals surface area contributed by atoms with Crippen LogP contribution in [0.4, 0.5) is 13.2 Å². The van der Waals surface area contributed by atoms with E-state index in [1.807, 2.05) is 0 Å². The van der Waals surface area contributed by atoms with Crippen molar-refractivity contribution < 1.29 is 27.9 Å². The van der Waals surface area contributed by atoms with Crippen LogP contribution >= 0.6 is 0 Å². The quantitative estimate of drug-likeness (QED) is 0.730. The minimum Gasteiger partial charge on any atom is -0.479 e. The SMILES string of the molecule is CCC1(C(=O)NC(C)(C(=O)O)C(F)(F)F)CCCNC1. The first-order valence-corrected chi connectivity index (χ1v) is 6.42. The zero-order valence-corrected chi connectivity index (χ0v) is 11.4. The highest BCUT2D eigenvalue weighted by molar-refractivity contribution is 5.90. The summed E-state index contributed by atoms with van der Waals surface area (Å²) in [4.78, 5) is 23.1. The molecule has 0 aromatic carbocycles. The van der Waals surface area contributed by atoms with Crippen molar-refractivity contribution in [1.82, 2.24) is 10.6 Å². The lowest BCUT2D eigenvalue weighted by molar-refractivity contribution is -0.208. The largest absolute Gasteiger partial charge is 0.479 e. The average molecular weight is 296 g/mol. The molecule has 0 aromatic rings. The average Bonchev–Trinajstić information content (AvgIpc) is 2.37. The number of hydrogen-bond donors (Lipinski definition) is 3. The van der Waals surface area contributed by atoms with Gasteiger partial charge in [0.15, 0.2) is 0 Å². The topological polar surface area (TPSA) is 78.4 Å². The molecule has 0 aromatic heterocycles. The van der Waals surface area contributed by atoms with Gasteiger partial charge in [0.2, 0.25) is 11.4 Å². The van der Waals surface area contributed by atoms with E-state index >= 15 is 0 Å². The molecule has 2 atom stereocenters. The molecule has 0 saturated carbocycles. The first-order valence-electron chi connectivity index (χ1n) is 6.42. The van der Waals surface area contributed by atoms with E-state index < -0.39 is 29.0 Å². The normalized spacial score (nSPS) is 26.6. The van der Waals surface area contributed by atoms with Crippen molar-refractivity contribution >= 4 is 11.9 Å². The maximum absolute atomic E-state index is 12.9. The zero-order valence-electron chi connectivity index (χ0n) is 11.4. The second kappa shape index (κ2) is 5.59. The van der Waals surface area contributed by atoms with Gasteiger partial charge in [-0.15, -0.1) is 0 Å². The predicted molar refractivity (Wildman–Crippen MR) is 65.1 cm³/mol. The maximum atomic E-state index is 12.9. The van der Waals surface area contributed by atoms with E-state index in [0.717, 1.165) is 0 Å². The third kappa shape index (κ3) is 2.89. The Balaban J connectivity index is 2.99. The highest BCUT2D eigenvalue weighted by atomic mass is 19.4. The number of aliphatic carboxylic acids is 1. The first kappa shape index (κ1) is 16.7. The van der Waals surface area contributed by atoms with E-state index in [9.17, 15) is 22.8 Å². The zero-order chi connectivity index (χ0) is 15.6. The van der Waals surface area contributed by atoms with Gasteiger partial charge in [-0.3, -0.25) is 4.79 Å². The lowest BCUT2D eigenvalue weighted by atomic mass is 9.77. The third-order valence-corrected chi connectivity index (χ3v) is 3.99. The van der Waals surface area contributed by atoms with Crippen LogP contribution in [0.25, 0.3) is 0 Å². The highest BCUT2D eigenvalue weighted by Crippen LogP contribution is 2.35. The van der Waals surface area contributed by atoms with Gasteiger partial charge in [0, 0.05) is 6.54 Å². The predicted octanol–water partition coefficient (Wildman–Crippen LogP) is 1.29. The molecule has 0 aliphatic carbocycles. The molecule has 1 saturated heterocycles. The number of carboxylic acids is 1. The molecule has 20 heavy (non-hydrogen) atoms. The monoisotopic (exact) mass is 296 g/mol. The van der Waals surface area contributed by atoms with Crippen LogP contribution in [0.15, 0.2) is 0 Å². The van der Waals surface area contributed by atoms with E-state index in [1.54, 1.807) is 12.2 Å². The van der Waals surface area contributed by atoms with Gasteiger partial charge in [0.25, 0.3) is 0 Å². The lowest BCUT2D eigenvalue weighted by Gasteiger charge is -2.38. The molecule has 0 bridgehead atoms. The number of halogens is 3. The Labute approximate surface area is 114 Å². The summed E-state index contributed by atoms with van der Waals surface area (Å²) in [6.45, 7) is 3.12. The Kier molecular flexibility index (Phi) is 4.68. The van der Waals surface area contributed by atoms with Crippen LogP contribution in [0.3, 0.4) is 0 Å². The number of amides is 1. The number of piperidine rings is 1. The van der Waals surface area contributed by atoms with Crippen LogP contribution in [0, 0.1) is 5.41 Å². The summed E-state index contributed by atoms with van der Waals surface area (Å²) in [6, 6.07) is 0. The number of nitrogens with one attached hydrogen (secondary N) is 2. The Morgan fingerprint density at radius 3 is 2.35 bits per heavy atom. The molecular formula is C12H19F3N2O3. The van der Waals surface area contributed by atoms with Gasteiger partial charge in [0.1, 0.15) is 0 Å². The summed E-state index contributed by atoms with van der Waals surface area (Å²) < 4.78 is 38.7. The molecule has 3 N–H and O–H groups in total. The number of hydrogen-bond acceptors (Lipinski definition) is 3. The van der Waals surface area contributed by atoms with E-state index in [2.05, 4.69) is 5.32 Å². The molecule has 1 rings (SSSR count). The Bertz CT molecular complexity index is 392.